The van der Waals surface area contributed by atoms with Gasteiger partial charge < -0.3 is 4.90 Å². The molecular formula is C9H10IN3. The Balaban J connectivity index is 1.88. The Labute approximate surface area is 90.7 Å². The minimum Gasteiger partial charge on any atom is -0.338 e. The van der Waals surface area contributed by atoms with E-state index in [9.17, 15) is 0 Å². The quantitative estimate of drug-likeness (QED) is 0.736. The predicted molar refractivity (Wildman–Crippen MR) is 58.6 cm³/mol. The summed E-state index contributed by atoms with van der Waals surface area (Å²) < 4.78 is 1.10. The third kappa shape index (κ3) is 1.22. The highest BCUT2D eigenvalue weighted by Crippen LogP contribution is 2.41. The lowest BCUT2D eigenvalue weighted by Gasteiger charge is -2.25. The van der Waals surface area contributed by atoms with Crippen LogP contribution in [0.5, 0.6) is 0 Å². The second kappa shape index (κ2) is 2.80. The van der Waals surface area contributed by atoms with Crippen LogP contribution >= 0.6 is 22.6 Å². The van der Waals surface area contributed by atoms with Crippen molar-refractivity contribution in [3.05, 3.63) is 16.0 Å². The van der Waals surface area contributed by atoms with E-state index >= 15 is 0 Å². The van der Waals surface area contributed by atoms with E-state index in [1.54, 1.807) is 0 Å². The Bertz CT molecular complexity index is 318. The molecule has 4 heteroatoms. The van der Waals surface area contributed by atoms with Gasteiger partial charge in [0.2, 0.25) is 5.95 Å². The summed E-state index contributed by atoms with van der Waals surface area (Å²) in [5, 5.41) is 0. The number of hydrogen-bond acceptors (Lipinski definition) is 3. The van der Waals surface area contributed by atoms with E-state index in [1.165, 1.54) is 19.4 Å². The lowest BCUT2D eigenvalue weighted by atomic mass is 9.86. The molecule has 0 unspecified atom stereocenters. The van der Waals surface area contributed by atoms with E-state index in [0.717, 1.165) is 21.5 Å². The van der Waals surface area contributed by atoms with Crippen LogP contribution in [0.1, 0.15) is 12.8 Å². The van der Waals surface area contributed by atoms with E-state index in [0.29, 0.717) is 0 Å². The van der Waals surface area contributed by atoms with Crippen LogP contribution in [-0.2, 0) is 0 Å². The zero-order chi connectivity index (χ0) is 8.84. The van der Waals surface area contributed by atoms with Crippen molar-refractivity contribution < 1.29 is 0 Å². The highest BCUT2D eigenvalue weighted by Gasteiger charge is 2.43. The molecule has 0 radical (unpaired) electrons. The molecule has 4 rings (SSSR count). The molecule has 3 aliphatic rings. The fraction of sp³-hybridized carbons (Fsp3) is 0.556. The Hall–Kier alpha value is -0.390. The summed E-state index contributed by atoms with van der Waals surface area (Å²) in [6.07, 6.45) is 6.49. The maximum atomic E-state index is 4.34. The van der Waals surface area contributed by atoms with Crippen LogP contribution in [0.25, 0.3) is 0 Å². The van der Waals surface area contributed by atoms with Gasteiger partial charge in [-0.15, -0.1) is 0 Å². The number of hydrogen-bond donors (Lipinski definition) is 0. The van der Waals surface area contributed by atoms with Crippen LogP contribution in [0.2, 0.25) is 0 Å². The van der Waals surface area contributed by atoms with Crippen LogP contribution in [0, 0.1) is 9.49 Å². The van der Waals surface area contributed by atoms with Crippen molar-refractivity contribution in [1.29, 1.82) is 0 Å². The monoisotopic (exact) mass is 287 g/mol. The molecule has 2 aliphatic heterocycles. The Morgan fingerprint density at radius 1 is 1.31 bits per heavy atom. The molecule has 0 amide bonds. The number of rotatable bonds is 1. The normalized spacial score (nSPS) is 30.4. The van der Waals surface area contributed by atoms with Crippen molar-refractivity contribution in [2.45, 2.75) is 18.9 Å². The number of anilines is 1. The van der Waals surface area contributed by atoms with Gasteiger partial charge in [0.05, 0.1) is 0 Å². The lowest BCUT2D eigenvalue weighted by molar-refractivity contribution is 0.380. The zero-order valence-electron chi connectivity index (χ0n) is 7.15. The minimum absolute atomic E-state index is 0.741. The fourth-order valence-corrected chi connectivity index (χ4v) is 2.51. The second-order valence-corrected chi connectivity index (χ2v) is 5.09. The summed E-state index contributed by atoms with van der Waals surface area (Å²) in [6.45, 7) is 1.17. The van der Waals surface area contributed by atoms with Gasteiger partial charge in [0.1, 0.15) is 0 Å². The molecule has 1 aromatic heterocycles. The highest BCUT2D eigenvalue weighted by atomic mass is 127. The molecule has 13 heavy (non-hydrogen) atoms. The van der Waals surface area contributed by atoms with E-state index in [2.05, 4.69) is 37.5 Å². The van der Waals surface area contributed by atoms with Crippen molar-refractivity contribution in [3.8, 4) is 0 Å². The first-order valence-corrected chi connectivity index (χ1v) is 5.65. The second-order valence-electron chi connectivity index (χ2n) is 3.84. The maximum absolute atomic E-state index is 4.34. The molecule has 2 saturated heterocycles. The van der Waals surface area contributed by atoms with Crippen LogP contribution < -0.4 is 4.90 Å². The highest BCUT2D eigenvalue weighted by molar-refractivity contribution is 14.1. The molecule has 0 aromatic carbocycles. The van der Waals surface area contributed by atoms with Gasteiger partial charge in [-0.2, -0.15) is 0 Å². The lowest BCUT2D eigenvalue weighted by Crippen LogP contribution is -2.29. The molecule has 0 spiro atoms. The third-order valence-electron chi connectivity index (χ3n) is 2.97. The molecule has 1 aromatic rings. The molecule has 0 atom stereocenters. The van der Waals surface area contributed by atoms with E-state index in [-0.39, 0.29) is 0 Å². The molecule has 3 fully saturated rings. The maximum Gasteiger partial charge on any atom is 0.225 e. The zero-order valence-corrected chi connectivity index (χ0v) is 9.31. The van der Waals surface area contributed by atoms with Crippen LogP contribution in [0.4, 0.5) is 5.95 Å². The molecule has 1 saturated carbocycles. The SMILES string of the molecule is Ic1cnc(N2CC3CC2C3)nc1. The van der Waals surface area contributed by atoms with Gasteiger partial charge in [-0.05, 0) is 41.4 Å². The van der Waals surface area contributed by atoms with Gasteiger partial charge in [-0.3, -0.25) is 0 Å². The van der Waals surface area contributed by atoms with Crippen molar-refractivity contribution in [2.24, 2.45) is 5.92 Å². The average molecular weight is 287 g/mol. The van der Waals surface area contributed by atoms with Gasteiger partial charge >= 0.3 is 0 Å². The molecule has 68 valence electrons. The fourth-order valence-electron chi connectivity index (χ4n) is 2.23. The largest absolute Gasteiger partial charge is 0.338 e. The molecule has 3 nitrogen and oxygen atoms in total. The molecule has 3 heterocycles. The van der Waals surface area contributed by atoms with Crippen molar-refractivity contribution in [3.63, 3.8) is 0 Å². The van der Waals surface area contributed by atoms with Gasteiger partial charge in [0.25, 0.3) is 0 Å². The van der Waals surface area contributed by atoms with Gasteiger partial charge in [0.15, 0.2) is 0 Å². The average Bonchev–Trinajstić information content (AvgIpc) is 2.62. The van der Waals surface area contributed by atoms with Crippen molar-refractivity contribution >= 4 is 28.5 Å². The Morgan fingerprint density at radius 3 is 2.54 bits per heavy atom. The first-order chi connectivity index (χ1) is 6.33. The van der Waals surface area contributed by atoms with E-state index in [1.807, 2.05) is 12.4 Å². The first kappa shape index (κ1) is 7.96. The summed E-state index contributed by atoms with van der Waals surface area (Å²) in [4.78, 5) is 11.0. The van der Waals surface area contributed by atoms with Crippen molar-refractivity contribution in [1.82, 2.24) is 9.97 Å². The third-order valence-corrected chi connectivity index (χ3v) is 3.53. The van der Waals surface area contributed by atoms with E-state index in [4.69, 9.17) is 0 Å². The predicted octanol–water partition coefficient (Wildman–Crippen LogP) is 1.68. The van der Waals surface area contributed by atoms with Crippen LogP contribution in [-0.4, -0.2) is 22.6 Å². The Morgan fingerprint density at radius 2 is 2.00 bits per heavy atom. The number of halogens is 1. The Kier molecular flexibility index (Phi) is 1.71. The summed E-state index contributed by atoms with van der Waals surface area (Å²) in [6, 6.07) is 0.741. The van der Waals surface area contributed by atoms with Gasteiger partial charge in [-0.25, -0.2) is 9.97 Å². The molecule has 2 bridgehead atoms. The number of aromatic nitrogens is 2. The van der Waals surface area contributed by atoms with Gasteiger partial charge in [-0.1, -0.05) is 0 Å². The summed E-state index contributed by atoms with van der Waals surface area (Å²) in [5.74, 6) is 1.85. The molecular weight excluding hydrogens is 277 g/mol. The number of nitrogens with zero attached hydrogens (tertiary/aromatic N) is 3. The minimum atomic E-state index is 0.741. The van der Waals surface area contributed by atoms with Crippen LogP contribution in [0.15, 0.2) is 12.4 Å². The van der Waals surface area contributed by atoms with Gasteiger partial charge in [0, 0.05) is 28.6 Å². The summed E-state index contributed by atoms with van der Waals surface area (Å²) >= 11 is 2.23. The first-order valence-electron chi connectivity index (χ1n) is 4.57. The topological polar surface area (TPSA) is 29.0 Å². The van der Waals surface area contributed by atoms with Crippen LogP contribution in [0.3, 0.4) is 0 Å². The molecule has 0 N–H and O–H groups in total. The molecule has 1 aliphatic carbocycles. The number of fused-ring (bicyclic) bond motifs is 1. The summed E-state index contributed by atoms with van der Waals surface area (Å²) in [5.41, 5.74) is 0. The smallest absolute Gasteiger partial charge is 0.225 e. The van der Waals surface area contributed by atoms with E-state index < -0.39 is 0 Å². The standard InChI is InChI=1S/C9H10IN3/c10-7-3-11-9(12-4-7)13-5-6-1-8(13)2-6/h3-4,6,8H,1-2,5H2. The summed E-state index contributed by atoms with van der Waals surface area (Å²) in [7, 11) is 0. The van der Waals surface area contributed by atoms with Crippen molar-refractivity contribution in [2.75, 3.05) is 11.4 Å².